The smallest absolute Gasteiger partial charge is 0.311 e. The van der Waals surface area contributed by atoms with Gasteiger partial charge in [-0.2, -0.15) is 0 Å². The maximum absolute atomic E-state index is 12.5. The zero-order valence-corrected chi connectivity index (χ0v) is 11.8. The first kappa shape index (κ1) is 13.2. The van der Waals surface area contributed by atoms with Crippen LogP contribution in [0.15, 0.2) is 10.5 Å². The fraction of sp³-hybridized carbons (Fsp3) is 0.600. The first-order chi connectivity index (χ1) is 9.44. The predicted octanol–water partition coefficient (Wildman–Crippen LogP) is 2.22. The predicted molar refractivity (Wildman–Crippen MR) is 71.5 cm³/mol. The summed E-state index contributed by atoms with van der Waals surface area (Å²) in [6.07, 6.45) is 2.51. The summed E-state index contributed by atoms with van der Waals surface area (Å²) in [4.78, 5) is 25.8. The molecule has 1 saturated carbocycles. The minimum absolute atomic E-state index is 0.0836. The quantitative estimate of drug-likeness (QED) is 0.899. The molecule has 2 atom stereocenters. The van der Waals surface area contributed by atoms with E-state index in [1.807, 2.05) is 13.0 Å². The summed E-state index contributed by atoms with van der Waals surface area (Å²) < 4.78 is 5.47. The minimum Gasteiger partial charge on any atom is -0.481 e. The van der Waals surface area contributed by atoms with Crippen molar-refractivity contribution in [2.24, 2.45) is 11.3 Å². The number of fused-ring (bicyclic) bond motifs is 1. The molecule has 5 heteroatoms. The molecule has 3 rings (SSSR count). The number of carbonyl (C=O) groups is 2. The summed E-state index contributed by atoms with van der Waals surface area (Å²) in [5.74, 6) is 0.204. The van der Waals surface area contributed by atoms with Gasteiger partial charge >= 0.3 is 5.97 Å². The van der Waals surface area contributed by atoms with Crippen molar-refractivity contribution in [1.82, 2.24) is 4.90 Å². The number of aryl methyl sites for hydroxylation is 2. The van der Waals surface area contributed by atoms with Crippen LogP contribution in [0.2, 0.25) is 0 Å². The van der Waals surface area contributed by atoms with Gasteiger partial charge < -0.3 is 14.4 Å². The highest BCUT2D eigenvalue weighted by Crippen LogP contribution is 2.49. The molecular weight excluding hydrogens is 258 g/mol. The van der Waals surface area contributed by atoms with Crippen LogP contribution in [-0.4, -0.2) is 35.0 Å². The maximum Gasteiger partial charge on any atom is 0.311 e. The molecule has 1 saturated heterocycles. The van der Waals surface area contributed by atoms with Crippen LogP contribution in [0.4, 0.5) is 0 Å². The fourth-order valence-electron chi connectivity index (χ4n) is 3.79. The second kappa shape index (κ2) is 4.36. The van der Waals surface area contributed by atoms with Crippen molar-refractivity contribution in [2.75, 3.05) is 13.1 Å². The third kappa shape index (κ3) is 1.76. The van der Waals surface area contributed by atoms with E-state index in [0.717, 1.165) is 18.4 Å². The van der Waals surface area contributed by atoms with E-state index in [1.54, 1.807) is 11.8 Å². The minimum atomic E-state index is -0.761. The third-order valence-corrected chi connectivity index (χ3v) is 4.82. The van der Waals surface area contributed by atoms with Gasteiger partial charge in [0.25, 0.3) is 5.91 Å². The number of hydrogen-bond acceptors (Lipinski definition) is 3. The fourth-order valence-corrected chi connectivity index (χ4v) is 3.79. The standard InChI is InChI=1S/C15H19NO4/c1-9-6-10(2)20-12(9)13(17)16-7-11-4-3-5-15(11,8-16)14(18)19/h6,11H,3-5,7-8H2,1-2H3,(H,18,19)/t11-,15+/m0/s1. The second-order valence-electron chi connectivity index (χ2n) is 6.11. The van der Waals surface area contributed by atoms with Crippen LogP contribution in [0, 0.1) is 25.2 Å². The average Bonchev–Trinajstić information content (AvgIpc) is 2.99. The topological polar surface area (TPSA) is 70.8 Å². The molecule has 20 heavy (non-hydrogen) atoms. The number of rotatable bonds is 2. The summed E-state index contributed by atoms with van der Waals surface area (Å²) in [5, 5.41) is 9.54. The van der Waals surface area contributed by atoms with Crippen molar-refractivity contribution in [3.05, 3.63) is 23.2 Å². The Bertz CT molecular complexity index is 576. The molecule has 2 heterocycles. The normalized spacial score (nSPS) is 28.7. The van der Waals surface area contributed by atoms with Crippen molar-refractivity contribution in [3.8, 4) is 0 Å². The summed E-state index contributed by atoms with van der Waals surface area (Å²) in [5.41, 5.74) is 0.0829. The van der Waals surface area contributed by atoms with Gasteiger partial charge in [-0.15, -0.1) is 0 Å². The van der Waals surface area contributed by atoms with Gasteiger partial charge in [0.05, 0.1) is 5.41 Å². The molecule has 1 N–H and O–H groups in total. The van der Waals surface area contributed by atoms with E-state index < -0.39 is 11.4 Å². The molecule has 1 aromatic heterocycles. The van der Waals surface area contributed by atoms with Crippen molar-refractivity contribution < 1.29 is 19.1 Å². The number of likely N-dealkylation sites (tertiary alicyclic amines) is 1. The molecule has 0 spiro atoms. The van der Waals surface area contributed by atoms with E-state index in [0.29, 0.717) is 31.0 Å². The monoisotopic (exact) mass is 277 g/mol. The van der Waals surface area contributed by atoms with Crippen LogP contribution in [0.1, 0.15) is 41.1 Å². The van der Waals surface area contributed by atoms with Gasteiger partial charge in [0, 0.05) is 18.7 Å². The molecule has 1 aliphatic heterocycles. The van der Waals surface area contributed by atoms with Gasteiger partial charge in [-0.25, -0.2) is 0 Å². The molecule has 1 aromatic rings. The van der Waals surface area contributed by atoms with Crippen LogP contribution in [0.5, 0.6) is 0 Å². The number of carboxylic acids is 1. The van der Waals surface area contributed by atoms with E-state index in [1.165, 1.54) is 0 Å². The number of nitrogens with zero attached hydrogens (tertiary/aromatic N) is 1. The van der Waals surface area contributed by atoms with Crippen LogP contribution in [0.25, 0.3) is 0 Å². The lowest BCUT2D eigenvalue weighted by molar-refractivity contribution is -0.149. The SMILES string of the molecule is Cc1cc(C)c(C(=O)N2C[C@@H]3CCC[C@@]3(C(=O)O)C2)o1. The number of carbonyl (C=O) groups excluding carboxylic acids is 1. The number of amides is 1. The Hall–Kier alpha value is -1.78. The van der Waals surface area contributed by atoms with Crippen LogP contribution < -0.4 is 0 Å². The van der Waals surface area contributed by atoms with Crippen molar-refractivity contribution >= 4 is 11.9 Å². The molecule has 0 bridgehead atoms. The summed E-state index contributed by atoms with van der Waals surface area (Å²) in [6.45, 7) is 4.49. The molecule has 108 valence electrons. The highest BCUT2D eigenvalue weighted by Gasteiger charge is 2.56. The lowest BCUT2D eigenvalue weighted by atomic mass is 9.81. The van der Waals surface area contributed by atoms with Crippen molar-refractivity contribution in [3.63, 3.8) is 0 Å². The molecule has 5 nitrogen and oxygen atoms in total. The van der Waals surface area contributed by atoms with E-state index in [4.69, 9.17) is 4.42 Å². The third-order valence-electron chi connectivity index (χ3n) is 4.82. The van der Waals surface area contributed by atoms with E-state index >= 15 is 0 Å². The first-order valence-electron chi connectivity index (χ1n) is 7.04. The van der Waals surface area contributed by atoms with E-state index in [9.17, 15) is 14.7 Å². The van der Waals surface area contributed by atoms with Crippen molar-refractivity contribution in [1.29, 1.82) is 0 Å². The number of hydrogen-bond donors (Lipinski definition) is 1. The Morgan fingerprint density at radius 1 is 1.45 bits per heavy atom. The molecule has 1 amide bonds. The molecule has 2 aliphatic rings. The molecule has 1 aliphatic carbocycles. The van der Waals surface area contributed by atoms with Gasteiger partial charge in [-0.05, 0) is 38.7 Å². The van der Waals surface area contributed by atoms with Crippen molar-refractivity contribution in [2.45, 2.75) is 33.1 Å². The molecule has 2 fully saturated rings. The Labute approximate surface area is 117 Å². The van der Waals surface area contributed by atoms with Gasteiger partial charge in [-0.1, -0.05) is 6.42 Å². The molecule has 0 radical (unpaired) electrons. The van der Waals surface area contributed by atoms with E-state index in [2.05, 4.69) is 0 Å². The zero-order valence-electron chi connectivity index (χ0n) is 11.8. The van der Waals surface area contributed by atoms with Gasteiger partial charge in [-0.3, -0.25) is 9.59 Å². The number of furan rings is 1. The average molecular weight is 277 g/mol. The molecule has 0 unspecified atom stereocenters. The van der Waals surface area contributed by atoms with Crippen LogP contribution in [0.3, 0.4) is 0 Å². The van der Waals surface area contributed by atoms with Crippen LogP contribution in [-0.2, 0) is 4.79 Å². The maximum atomic E-state index is 12.5. The van der Waals surface area contributed by atoms with E-state index in [-0.39, 0.29) is 11.8 Å². The van der Waals surface area contributed by atoms with Gasteiger partial charge in [0.1, 0.15) is 5.76 Å². The summed E-state index contributed by atoms with van der Waals surface area (Å²) in [7, 11) is 0. The van der Waals surface area contributed by atoms with Gasteiger partial charge in [0.15, 0.2) is 5.76 Å². The lowest BCUT2D eigenvalue weighted by Gasteiger charge is -2.23. The lowest BCUT2D eigenvalue weighted by Crippen LogP contribution is -2.37. The highest BCUT2D eigenvalue weighted by atomic mass is 16.4. The largest absolute Gasteiger partial charge is 0.481 e. The Kier molecular flexibility index (Phi) is 2.88. The highest BCUT2D eigenvalue weighted by molar-refractivity contribution is 5.94. The molecular formula is C15H19NO4. The molecule has 0 aromatic carbocycles. The second-order valence-corrected chi connectivity index (χ2v) is 6.11. The number of carboxylic acid groups (broad SMARTS) is 1. The van der Waals surface area contributed by atoms with Crippen LogP contribution >= 0.6 is 0 Å². The Morgan fingerprint density at radius 3 is 2.75 bits per heavy atom. The Morgan fingerprint density at radius 2 is 2.20 bits per heavy atom. The Balaban J connectivity index is 1.85. The summed E-state index contributed by atoms with van der Waals surface area (Å²) in [6, 6.07) is 1.83. The number of aliphatic carboxylic acids is 1. The van der Waals surface area contributed by atoms with Gasteiger partial charge in [0.2, 0.25) is 0 Å². The zero-order chi connectivity index (χ0) is 14.5. The first-order valence-corrected chi connectivity index (χ1v) is 7.04. The summed E-state index contributed by atoms with van der Waals surface area (Å²) >= 11 is 0.